The Morgan fingerprint density at radius 2 is 0.897 bits per heavy atom. The van der Waals surface area contributed by atoms with Gasteiger partial charge in [0, 0.05) is 71.5 Å². The first-order chi connectivity index (χ1) is 39.2. The van der Waals surface area contributed by atoms with Gasteiger partial charge in [-0.25, -0.2) is 24.0 Å². The first-order valence-corrected chi connectivity index (χ1v) is 26.7. The lowest BCUT2D eigenvalue weighted by atomic mass is 10.0. The fourth-order valence-corrected chi connectivity index (χ4v) is 8.01. The molecule has 2 aromatic heterocycles. The number of hydrogen-bond donors (Lipinski definition) is 15. The molecule has 0 aliphatic carbocycles. The molecule has 6 aromatic rings. The predicted molar refractivity (Wildman–Crippen MR) is 355 cm³/mol. The highest BCUT2D eigenvalue weighted by Crippen LogP contribution is 2.22. The van der Waals surface area contributed by atoms with Gasteiger partial charge < -0.3 is 89.2 Å². The molecule has 25 nitrogen and oxygen atoms in total. The summed E-state index contributed by atoms with van der Waals surface area (Å²) in [7, 11) is 0. The molecule has 0 radical (unpaired) electrons. The zero-order chi connectivity index (χ0) is 61.3. The minimum Gasteiger partial charge on any atom is -0.480 e. The Morgan fingerprint density at radius 3 is 1.28 bits per heavy atom. The van der Waals surface area contributed by atoms with E-state index in [0.29, 0.717) is 17.7 Å². The summed E-state index contributed by atoms with van der Waals surface area (Å²) < 4.78 is 10.7. The van der Waals surface area contributed by atoms with Gasteiger partial charge in [0.1, 0.15) is 35.4 Å². The van der Waals surface area contributed by atoms with Gasteiger partial charge in [-0.05, 0) is 126 Å². The second kappa shape index (κ2) is 39.0. The van der Waals surface area contributed by atoms with Crippen molar-refractivity contribution in [2.45, 2.75) is 129 Å². The van der Waals surface area contributed by atoms with Crippen molar-refractivity contribution in [3.63, 3.8) is 0 Å². The summed E-state index contributed by atoms with van der Waals surface area (Å²) in [6.07, 6.45) is 3.08. The zero-order valence-electron chi connectivity index (χ0n) is 49.4. The predicted octanol–water partition coefficient (Wildman–Crippen LogP) is 5.50. The lowest BCUT2D eigenvalue weighted by Gasteiger charge is -2.25. The molecule has 2 heterocycles. The Balaban J connectivity index is 0.00000144. The SMILES string of the molecule is CC(C)(C)OC(=O)N[C@@H](Cc1c[nH]c2ccccc12)C(=O)N[C@@H](CCCNC(N)=O)C(=O)Nc1ccc(CO)cc1.CC(C)(C)OC(=O)N[C@@H](Cc1c[nH]c2ccccc12)C(=O)N[C@@H](CCCNC(N)=O)C(=O)O.Nc1ccc(CO)cc1.S.S.S.S. The van der Waals surface area contributed by atoms with Crippen molar-refractivity contribution >= 4 is 135 Å². The number of hydrogen-bond acceptors (Lipinski definition) is 13. The van der Waals surface area contributed by atoms with Gasteiger partial charge in [0.2, 0.25) is 17.7 Å². The number of nitrogens with two attached hydrogens (primary N) is 3. The molecule has 0 aliphatic heterocycles. The number of carbonyl (C=O) groups is 8. The number of amides is 9. The van der Waals surface area contributed by atoms with Crippen LogP contribution in [-0.2, 0) is 54.7 Å². The number of benzene rings is 4. The minimum atomic E-state index is -1.23. The third-order valence-electron chi connectivity index (χ3n) is 12.0. The average molecular weight is 1290 g/mol. The number of aromatic amines is 2. The summed E-state index contributed by atoms with van der Waals surface area (Å²) in [6, 6.07) is 23.1. The Bertz CT molecular complexity index is 3120. The first-order valence-electron chi connectivity index (χ1n) is 26.7. The summed E-state index contributed by atoms with van der Waals surface area (Å²) in [5, 5.41) is 47.2. The van der Waals surface area contributed by atoms with Gasteiger partial charge in [0.25, 0.3) is 0 Å². The van der Waals surface area contributed by atoms with Crippen molar-refractivity contribution in [1.29, 1.82) is 0 Å². The van der Waals surface area contributed by atoms with Crippen LogP contribution in [0.1, 0.15) is 89.5 Å². The highest BCUT2D eigenvalue weighted by molar-refractivity contribution is 7.59. The maximum atomic E-state index is 13.6. The van der Waals surface area contributed by atoms with E-state index in [1.807, 2.05) is 48.5 Å². The summed E-state index contributed by atoms with van der Waals surface area (Å²) in [5.41, 5.74) is 20.1. The standard InChI is InChI=1S/C29H38N6O6.C22H31N5O6.C7H9NO.4H2S/c1-29(2,3)41-28(40)35-24(15-19-16-32-22-8-5-4-7-21(19)22)26(38)34-23(9-6-14-31-27(30)39)25(37)33-20-12-10-18(17-36)11-13-20;1-22(2,3)33-21(32)27-17(11-13-12-25-15-8-5-4-7-14(13)15)18(28)26-16(19(29)30)9-6-10-24-20(23)31;8-7-3-1-6(5-9)2-4-7;;;;/h4-5,7-8,10-13,16,23-24,32,36H,6,9,14-15,17H2,1-3H3,(H,33,37)(H,34,38)(H,35,40)(H3,30,31,39);4-5,7-8,12,16-17,25H,6,9-11H2,1-3H3,(H,26,28)(H,27,32)(H,29,30)(H3,23,24,31);1-4,9H,5,8H2;4*1H2/t23-,24-;16-,17-;;;;;/m00...../s1. The molecule has 18 N–H and O–H groups in total. The number of primary amides is 2. The lowest BCUT2D eigenvalue weighted by Crippen LogP contribution is -2.54. The number of nitrogen functional groups attached to an aromatic ring is 1. The normalized spacial score (nSPS) is 11.9. The molecule has 0 unspecified atom stereocenters. The van der Waals surface area contributed by atoms with Crippen LogP contribution in [0.5, 0.6) is 0 Å². The van der Waals surface area contributed by atoms with Crippen molar-refractivity contribution in [2.75, 3.05) is 24.1 Å². The second-order valence-corrected chi connectivity index (χ2v) is 21.1. The van der Waals surface area contributed by atoms with Crippen molar-refractivity contribution in [3.05, 3.63) is 132 Å². The smallest absolute Gasteiger partial charge is 0.408 e. The number of anilines is 2. The zero-order valence-corrected chi connectivity index (χ0v) is 53.4. The van der Waals surface area contributed by atoms with Gasteiger partial charge >= 0.3 is 30.2 Å². The van der Waals surface area contributed by atoms with Crippen LogP contribution in [0.4, 0.5) is 30.6 Å². The van der Waals surface area contributed by atoms with Gasteiger partial charge in [0.05, 0.1) is 13.2 Å². The molecular weight excluding hydrogens is 1200 g/mol. The van der Waals surface area contributed by atoms with Crippen LogP contribution in [-0.4, -0.2) is 122 Å². The molecule has 0 aliphatic rings. The molecule has 4 atom stereocenters. The number of ether oxygens (including phenoxy) is 2. The number of carboxylic acids is 1. The molecule has 0 fully saturated rings. The average Bonchev–Trinajstić information content (AvgIpc) is 2.62. The van der Waals surface area contributed by atoms with E-state index in [4.69, 9.17) is 31.8 Å². The second-order valence-electron chi connectivity index (χ2n) is 21.1. The Hall–Kier alpha value is -7.96. The number of para-hydroxylation sites is 2. The molecule has 9 amide bonds. The van der Waals surface area contributed by atoms with Gasteiger partial charge in [-0.2, -0.15) is 54.0 Å². The van der Waals surface area contributed by atoms with E-state index in [2.05, 4.69) is 47.2 Å². The number of nitrogens with one attached hydrogen (secondary N) is 9. The lowest BCUT2D eigenvalue weighted by molar-refractivity contribution is -0.142. The molecule has 0 bridgehead atoms. The first kappa shape index (κ1) is 79.0. The third kappa shape index (κ3) is 29.3. The number of alkyl carbamates (subject to hydrolysis) is 2. The molecule has 29 heteroatoms. The van der Waals surface area contributed by atoms with Crippen LogP contribution < -0.4 is 54.4 Å². The number of carbonyl (C=O) groups excluding carboxylic acids is 7. The highest BCUT2D eigenvalue weighted by Gasteiger charge is 2.31. The number of rotatable bonds is 23. The van der Waals surface area contributed by atoms with Crippen molar-refractivity contribution in [2.24, 2.45) is 11.5 Å². The fraction of sp³-hybridized carbons (Fsp3) is 0.379. The van der Waals surface area contributed by atoms with Crippen LogP contribution in [0.25, 0.3) is 21.8 Å². The number of aliphatic hydroxyl groups is 2. The summed E-state index contributed by atoms with van der Waals surface area (Å²) in [5.74, 6) is -2.97. The van der Waals surface area contributed by atoms with Gasteiger partial charge in [-0.15, -0.1) is 0 Å². The number of aliphatic hydroxyl groups excluding tert-OH is 2. The van der Waals surface area contributed by atoms with E-state index in [9.17, 15) is 48.6 Å². The molecular formula is C58H86N12O13S4. The number of carboxylic acid groups (broad SMARTS) is 1. The number of aliphatic carboxylic acids is 1. The van der Waals surface area contributed by atoms with Gasteiger partial charge in [-0.3, -0.25) is 14.4 Å². The summed E-state index contributed by atoms with van der Waals surface area (Å²) in [6.45, 7) is 10.6. The van der Waals surface area contributed by atoms with Crippen molar-refractivity contribution < 1.29 is 63.1 Å². The van der Waals surface area contributed by atoms with Gasteiger partial charge in [0.15, 0.2) is 0 Å². The maximum Gasteiger partial charge on any atom is 0.408 e. The largest absolute Gasteiger partial charge is 0.480 e. The van der Waals surface area contributed by atoms with Gasteiger partial charge in [-0.1, -0.05) is 60.7 Å². The Morgan fingerprint density at radius 1 is 0.517 bits per heavy atom. The molecule has 6 rings (SSSR count). The number of H-pyrrole nitrogens is 2. The van der Waals surface area contributed by atoms with Crippen molar-refractivity contribution in [1.82, 2.24) is 41.9 Å². The quantitative estimate of drug-likeness (QED) is 0.0278. The molecule has 87 heavy (non-hydrogen) atoms. The fourth-order valence-electron chi connectivity index (χ4n) is 8.01. The molecule has 0 saturated heterocycles. The van der Waals surface area contributed by atoms with Crippen LogP contribution in [0.2, 0.25) is 0 Å². The molecule has 4 aromatic carbocycles. The summed E-state index contributed by atoms with van der Waals surface area (Å²) in [4.78, 5) is 105. The number of urea groups is 2. The Kier molecular flexibility index (Phi) is 35.4. The third-order valence-corrected chi connectivity index (χ3v) is 12.0. The molecule has 0 saturated carbocycles. The molecule has 0 spiro atoms. The van der Waals surface area contributed by atoms with E-state index in [0.717, 1.165) is 44.2 Å². The van der Waals surface area contributed by atoms with Crippen LogP contribution in [0, 0.1) is 0 Å². The summed E-state index contributed by atoms with van der Waals surface area (Å²) >= 11 is 0. The highest BCUT2D eigenvalue weighted by atomic mass is 32.1. The topological polar surface area (TPSA) is 410 Å². The monoisotopic (exact) mass is 1290 g/mol. The van der Waals surface area contributed by atoms with Crippen LogP contribution in [0.15, 0.2) is 109 Å². The number of fused-ring (bicyclic) bond motifs is 2. The number of aromatic nitrogens is 2. The van der Waals surface area contributed by atoms with E-state index in [1.165, 1.54) is 0 Å². The maximum absolute atomic E-state index is 13.6. The van der Waals surface area contributed by atoms with Crippen LogP contribution in [0.3, 0.4) is 0 Å². The Labute approximate surface area is 533 Å². The minimum absolute atomic E-state index is 0. The van der Waals surface area contributed by atoms with Crippen LogP contribution >= 0.6 is 54.0 Å². The van der Waals surface area contributed by atoms with E-state index in [-0.39, 0.29) is 112 Å². The molecule has 480 valence electrons. The van der Waals surface area contributed by atoms with E-state index < -0.39 is 83.3 Å². The van der Waals surface area contributed by atoms with E-state index >= 15 is 0 Å². The van der Waals surface area contributed by atoms with Crippen molar-refractivity contribution in [3.8, 4) is 0 Å². The van der Waals surface area contributed by atoms with E-state index in [1.54, 1.807) is 102 Å².